The Labute approximate surface area is 129 Å². The Morgan fingerprint density at radius 3 is 2.70 bits per heavy atom. The molecular weight excluding hydrogens is 322 g/mol. The maximum atomic E-state index is 11.4. The van der Waals surface area contributed by atoms with Crippen LogP contribution in [0.1, 0.15) is 35.7 Å². The van der Waals surface area contributed by atoms with Crippen molar-refractivity contribution in [3.63, 3.8) is 0 Å². The summed E-state index contributed by atoms with van der Waals surface area (Å²) in [6.45, 7) is 3.59. The lowest BCUT2D eigenvalue weighted by atomic mass is 10.1. The molecule has 5 heteroatoms. The normalized spacial score (nSPS) is 12.2. The van der Waals surface area contributed by atoms with Gasteiger partial charge in [0.15, 0.2) is 0 Å². The van der Waals surface area contributed by atoms with Gasteiger partial charge in [0.05, 0.1) is 19.3 Å². The molecule has 0 saturated carbocycles. The van der Waals surface area contributed by atoms with Crippen molar-refractivity contribution in [3.05, 3.63) is 33.8 Å². The third kappa shape index (κ3) is 5.23. The van der Waals surface area contributed by atoms with Crippen molar-refractivity contribution < 1.29 is 14.3 Å². The first-order chi connectivity index (χ1) is 9.62. The molecular formula is C15H22BrNO3. The lowest BCUT2D eigenvalue weighted by Crippen LogP contribution is -2.32. The van der Waals surface area contributed by atoms with E-state index in [0.29, 0.717) is 18.2 Å². The summed E-state index contributed by atoms with van der Waals surface area (Å²) < 4.78 is 10.8. The minimum atomic E-state index is -0.326. The smallest absolute Gasteiger partial charge is 0.337 e. The van der Waals surface area contributed by atoms with Crippen molar-refractivity contribution in [1.29, 1.82) is 0 Å². The van der Waals surface area contributed by atoms with Gasteiger partial charge in [0.2, 0.25) is 0 Å². The highest BCUT2D eigenvalue weighted by molar-refractivity contribution is 9.10. The third-order valence-electron chi connectivity index (χ3n) is 3.06. The van der Waals surface area contributed by atoms with Crippen molar-refractivity contribution in [3.8, 4) is 0 Å². The van der Waals surface area contributed by atoms with E-state index in [1.54, 1.807) is 19.2 Å². The average Bonchev–Trinajstić information content (AvgIpc) is 2.45. The van der Waals surface area contributed by atoms with Crippen LogP contribution in [-0.2, 0) is 16.0 Å². The maximum absolute atomic E-state index is 11.4. The molecule has 1 N–H and O–H groups in total. The SMILES string of the molecule is CCCC(COC)NCc1ccc(C(=O)OC)cc1Br. The number of carbonyl (C=O) groups is 1. The molecule has 1 atom stereocenters. The number of methoxy groups -OCH3 is 2. The molecule has 1 aromatic rings. The monoisotopic (exact) mass is 343 g/mol. The summed E-state index contributed by atoms with van der Waals surface area (Å²) in [4.78, 5) is 11.4. The number of rotatable bonds is 8. The van der Waals surface area contributed by atoms with Gasteiger partial charge < -0.3 is 14.8 Å². The highest BCUT2D eigenvalue weighted by Gasteiger charge is 2.10. The van der Waals surface area contributed by atoms with E-state index < -0.39 is 0 Å². The van der Waals surface area contributed by atoms with Crippen molar-refractivity contribution in [2.45, 2.75) is 32.4 Å². The van der Waals surface area contributed by atoms with E-state index >= 15 is 0 Å². The number of halogens is 1. The summed E-state index contributed by atoms with van der Waals surface area (Å²) in [5, 5.41) is 3.47. The van der Waals surface area contributed by atoms with Crippen LogP contribution in [0.5, 0.6) is 0 Å². The zero-order valence-corrected chi connectivity index (χ0v) is 13.8. The minimum Gasteiger partial charge on any atom is -0.465 e. The van der Waals surface area contributed by atoms with Gasteiger partial charge in [0, 0.05) is 24.2 Å². The summed E-state index contributed by atoms with van der Waals surface area (Å²) in [5.74, 6) is -0.326. The molecule has 0 aliphatic carbocycles. The van der Waals surface area contributed by atoms with Crippen LogP contribution >= 0.6 is 15.9 Å². The average molecular weight is 344 g/mol. The molecule has 0 heterocycles. The van der Waals surface area contributed by atoms with E-state index in [1.807, 2.05) is 6.07 Å². The molecule has 0 aromatic heterocycles. The lowest BCUT2D eigenvalue weighted by Gasteiger charge is -2.17. The topological polar surface area (TPSA) is 47.6 Å². The van der Waals surface area contributed by atoms with Gasteiger partial charge in [-0.25, -0.2) is 4.79 Å². The third-order valence-corrected chi connectivity index (χ3v) is 3.80. The molecule has 0 aliphatic rings. The van der Waals surface area contributed by atoms with Crippen molar-refractivity contribution in [2.75, 3.05) is 20.8 Å². The fourth-order valence-electron chi connectivity index (χ4n) is 1.98. The van der Waals surface area contributed by atoms with Crippen LogP contribution in [0, 0.1) is 0 Å². The second-order valence-electron chi connectivity index (χ2n) is 4.62. The number of esters is 1. The number of carbonyl (C=O) groups excluding carboxylic acids is 1. The summed E-state index contributed by atoms with van der Waals surface area (Å²) in [6, 6.07) is 5.84. The van der Waals surface area contributed by atoms with Crippen LogP contribution in [0.4, 0.5) is 0 Å². The first kappa shape index (κ1) is 17.1. The molecule has 112 valence electrons. The summed E-state index contributed by atoms with van der Waals surface area (Å²) in [6.07, 6.45) is 2.19. The maximum Gasteiger partial charge on any atom is 0.337 e. The molecule has 1 rings (SSSR count). The van der Waals surface area contributed by atoms with Crippen LogP contribution in [0.15, 0.2) is 22.7 Å². The Balaban J connectivity index is 2.65. The molecule has 1 aromatic carbocycles. The molecule has 0 spiro atoms. The molecule has 1 unspecified atom stereocenters. The van der Waals surface area contributed by atoms with Gasteiger partial charge in [0.1, 0.15) is 0 Å². The molecule has 4 nitrogen and oxygen atoms in total. The molecule has 20 heavy (non-hydrogen) atoms. The Bertz CT molecular complexity index is 431. The summed E-state index contributed by atoms with van der Waals surface area (Å²) >= 11 is 3.49. The highest BCUT2D eigenvalue weighted by Crippen LogP contribution is 2.19. The summed E-state index contributed by atoms with van der Waals surface area (Å²) in [7, 11) is 3.09. The van der Waals surface area contributed by atoms with Gasteiger partial charge in [0.25, 0.3) is 0 Å². The van der Waals surface area contributed by atoms with E-state index in [9.17, 15) is 4.79 Å². The Morgan fingerprint density at radius 1 is 1.40 bits per heavy atom. The van der Waals surface area contributed by atoms with Gasteiger partial charge in [-0.1, -0.05) is 35.3 Å². The Kier molecular flexibility index (Phi) is 7.80. The Hall–Kier alpha value is -0.910. The largest absolute Gasteiger partial charge is 0.465 e. The molecule has 0 saturated heterocycles. The van der Waals surface area contributed by atoms with Crippen LogP contribution in [0.3, 0.4) is 0 Å². The molecule has 0 fully saturated rings. The van der Waals surface area contributed by atoms with Gasteiger partial charge in [-0.05, 0) is 24.1 Å². The van der Waals surface area contributed by atoms with E-state index in [1.165, 1.54) is 7.11 Å². The van der Waals surface area contributed by atoms with Crippen LogP contribution in [-0.4, -0.2) is 32.8 Å². The van der Waals surface area contributed by atoms with E-state index in [4.69, 9.17) is 9.47 Å². The predicted molar refractivity (Wildman–Crippen MR) is 82.9 cm³/mol. The van der Waals surface area contributed by atoms with Crippen molar-refractivity contribution >= 4 is 21.9 Å². The first-order valence-electron chi connectivity index (χ1n) is 6.71. The zero-order valence-electron chi connectivity index (χ0n) is 12.2. The van der Waals surface area contributed by atoms with Crippen molar-refractivity contribution in [2.24, 2.45) is 0 Å². The zero-order chi connectivity index (χ0) is 15.0. The van der Waals surface area contributed by atoms with E-state index in [0.717, 1.165) is 29.4 Å². The number of hydrogen-bond acceptors (Lipinski definition) is 4. The number of benzene rings is 1. The van der Waals surface area contributed by atoms with Crippen LogP contribution < -0.4 is 5.32 Å². The molecule has 0 bridgehead atoms. The van der Waals surface area contributed by atoms with E-state index in [-0.39, 0.29) is 5.97 Å². The van der Waals surface area contributed by atoms with Gasteiger partial charge >= 0.3 is 5.97 Å². The Morgan fingerprint density at radius 2 is 2.15 bits per heavy atom. The minimum absolute atomic E-state index is 0.326. The highest BCUT2D eigenvalue weighted by atomic mass is 79.9. The van der Waals surface area contributed by atoms with Crippen molar-refractivity contribution in [1.82, 2.24) is 5.32 Å². The van der Waals surface area contributed by atoms with Gasteiger partial charge in [-0.2, -0.15) is 0 Å². The molecule has 0 radical (unpaired) electrons. The second-order valence-corrected chi connectivity index (χ2v) is 5.47. The predicted octanol–water partition coefficient (Wildman–Crippen LogP) is 3.14. The van der Waals surface area contributed by atoms with Crippen LogP contribution in [0.2, 0.25) is 0 Å². The fourth-order valence-corrected chi connectivity index (χ4v) is 2.50. The quantitative estimate of drug-likeness (QED) is 0.736. The lowest BCUT2D eigenvalue weighted by molar-refractivity contribution is 0.0600. The molecule has 0 amide bonds. The van der Waals surface area contributed by atoms with E-state index in [2.05, 4.69) is 28.2 Å². The molecule has 0 aliphatic heterocycles. The number of ether oxygens (including phenoxy) is 2. The summed E-state index contributed by atoms with van der Waals surface area (Å²) in [5.41, 5.74) is 1.65. The number of nitrogens with one attached hydrogen (secondary N) is 1. The number of hydrogen-bond donors (Lipinski definition) is 1. The van der Waals surface area contributed by atoms with Gasteiger partial charge in [-0.15, -0.1) is 0 Å². The fraction of sp³-hybridized carbons (Fsp3) is 0.533. The second kappa shape index (κ2) is 9.10. The standard InChI is InChI=1S/C15H22BrNO3/c1-4-5-13(10-19-2)17-9-12-7-6-11(8-14(12)16)15(18)20-3/h6-8,13,17H,4-5,9-10H2,1-3H3. The van der Waals surface area contributed by atoms with Gasteiger partial charge in [-0.3, -0.25) is 0 Å². The van der Waals surface area contributed by atoms with Crippen LogP contribution in [0.25, 0.3) is 0 Å². The first-order valence-corrected chi connectivity index (χ1v) is 7.50.